The molecule has 0 aromatic heterocycles. The lowest BCUT2D eigenvalue weighted by Gasteiger charge is -2.09. The molecule has 1 aliphatic heterocycles. The smallest absolute Gasteiger partial charge is 0.324 e. The van der Waals surface area contributed by atoms with Gasteiger partial charge in [0.15, 0.2) is 0 Å². The van der Waals surface area contributed by atoms with E-state index in [-0.39, 0.29) is 25.4 Å². The van der Waals surface area contributed by atoms with Crippen LogP contribution >= 0.6 is 0 Å². The number of carbonyl (C=O) groups is 3. The van der Waals surface area contributed by atoms with Gasteiger partial charge >= 0.3 is 6.03 Å². The van der Waals surface area contributed by atoms with Crippen LogP contribution in [0.4, 0.5) is 4.79 Å². The monoisotopic (exact) mass is 171 g/mol. The minimum absolute atomic E-state index is 0.0115. The highest BCUT2D eigenvalue weighted by Gasteiger charge is 2.27. The molecule has 1 saturated heterocycles. The Bertz CT molecular complexity index is 222. The third kappa shape index (κ3) is 1.71. The molecule has 66 valence electrons. The molecule has 6 heteroatoms. The number of nitrogens with zero attached hydrogens (tertiary/aromatic N) is 1. The number of amides is 4. The number of urea groups is 1. The highest BCUT2D eigenvalue weighted by Crippen LogP contribution is 1.99. The summed E-state index contributed by atoms with van der Waals surface area (Å²) in [6.45, 7) is 0.0809. The van der Waals surface area contributed by atoms with E-state index in [1.807, 2.05) is 0 Å². The normalized spacial score (nSPS) is 16.5. The molecular formula is C6H9N3O3. The molecule has 0 atom stereocenters. The maximum Gasteiger partial charge on any atom is 0.324 e. The Morgan fingerprint density at radius 3 is 2.67 bits per heavy atom. The van der Waals surface area contributed by atoms with Crippen molar-refractivity contribution < 1.29 is 14.4 Å². The molecule has 0 unspecified atom stereocenters. The van der Waals surface area contributed by atoms with Gasteiger partial charge in [0.2, 0.25) is 11.8 Å². The molecule has 0 radical (unpaired) electrons. The lowest BCUT2D eigenvalue weighted by Crippen LogP contribution is -2.33. The van der Waals surface area contributed by atoms with Crippen LogP contribution in [0.25, 0.3) is 0 Å². The minimum atomic E-state index is -0.525. The first kappa shape index (κ1) is 8.51. The Balaban J connectivity index is 2.45. The summed E-state index contributed by atoms with van der Waals surface area (Å²) in [5.74, 6) is -0.844. The maximum absolute atomic E-state index is 10.9. The predicted molar refractivity (Wildman–Crippen MR) is 38.9 cm³/mol. The summed E-state index contributed by atoms with van der Waals surface area (Å²) in [4.78, 5) is 33.0. The van der Waals surface area contributed by atoms with Crippen molar-refractivity contribution in [2.45, 2.75) is 6.42 Å². The van der Waals surface area contributed by atoms with Gasteiger partial charge in [-0.2, -0.15) is 0 Å². The van der Waals surface area contributed by atoms with Crippen LogP contribution in [0.2, 0.25) is 0 Å². The van der Waals surface area contributed by atoms with E-state index in [1.54, 1.807) is 0 Å². The zero-order chi connectivity index (χ0) is 9.14. The average Bonchev–Trinajstić information content (AvgIpc) is 2.28. The van der Waals surface area contributed by atoms with Gasteiger partial charge in [0, 0.05) is 13.0 Å². The summed E-state index contributed by atoms with van der Waals surface area (Å²) in [5, 5.41) is 2.33. The van der Waals surface area contributed by atoms with Gasteiger partial charge in [-0.05, 0) is 0 Å². The summed E-state index contributed by atoms with van der Waals surface area (Å²) < 4.78 is 0. The minimum Gasteiger partial charge on any atom is -0.370 e. The second-order valence-electron chi connectivity index (χ2n) is 2.42. The van der Waals surface area contributed by atoms with Crippen LogP contribution in [-0.2, 0) is 9.59 Å². The predicted octanol–water partition coefficient (Wildman–Crippen LogP) is -1.59. The summed E-state index contributed by atoms with van der Waals surface area (Å²) in [5.41, 5.74) is 4.85. The molecular weight excluding hydrogens is 162 g/mol. The number of hydrogen-bond acceptors (Lipinski definition) is 3. The third-order valence-corrected chi connectivity index (χ3v) is 1.52. The number of nitrogens with one attached hydrogen (secondary N) is 1. The van der Waals surface area contributed by atoms with E-state index in [2.05, 4.69) is 5.32 Å². The first-order valence-electron chi connectivity index (χ1n) is 3.48. The van der Waals surface area contributed by atoms with Crippen LogP contribution in [0.1, 0.15) is 6.42 Å². The Labute approximate surface area is 68.7 Å². The van der Waals surface area contributed by atoms with Crippen molar-refractivity contribution in [2.75, 3.05) is 13.1 Å². The molecule has 6 nitrogen and oxygen atoms in total. The van der Waals surface area contributed by atoms with Crippen molar-refractivity contribution in [1.29, 1.82) is 0 Å². The summed E-state index contributed by atoms with van der Waals surface area (Å²) in [6.07, 6.45) is 0.0131. The van der Waals surface area contributed by atoms with Crippen LogP contribution in [0.3, 0.4) is 0 Å². The van der Waals surface area contributed by atoms with Crippen LogP contribution in [0, 0.1) is 0 Å². The van der Waals surface area contributed by atoms with Crippen molar-refractivity contribution in [2.24, 2.45) is 5.73 Å². The third-order valence-electron chi connectivity index (χ3n) is 1.52. The van der Waals surface area contributed by atoms with Gasteiger partial charge in [-0.25, -0.2) is 4.79 Å². The van der Waals surface area contributed by atoms with Crippen molar-refractivity contribution >= 4 is 17.8 Å². The lowest BCUT2D eigenvalue weighted by atomic mass is 10.4. The van der Waals surface area contributed by atoms with Gasteiger partial charge in [-0.1, -0.05) is 0 Å². The number of carbonyl (C=O) groups excluding carboxylic acids is 3. The second-order valence-corrected chi connectivity index (χ2v) is 2.42. The molecule has 0 aromatic rings. The summed E-state index contributed by atoms with van der Waals surface area (Å²) in [7, 11) is 0. The molecule has 3 N–H and O–H groups in total. The van der Waals surface area contributed by atoms with Gasteiger partial charge in [0.25, 0.3) is 0 Å². The molecule has 12 heavy (non-hydrogen) atoms. The number of imide groups is 1. The summed E-state index contributed by atoms with van der Waals surface area (Å²) >= 11 is 0. The van der Waals surface area contributed by atoms with E-state index in [0.29, 0.717) is 0 Å². The highest BCUT2D eigenvalue weighted by atomic mass is 16.2. The highest BCUT2D eigenvalue weighted by molar-refractivity contribution is 6.02. The molecule has 0 saturated carbocycles. The summed E-state index contributed by atoms with van der Waals surface area (Å²) in [6, 6.07) is -0.457. The van der Waals surface area contributed by atoms with E-state index in [9.17, 15) is 14.4 Å². The van der Waals surface area contributed by atoms with Gasteiger partial charge < -0.3 is 11.1 Å². The lowest BCUT2D eigenvalue weighted by molar-refractivity contribution is -0.125. The van der Waals surface area contributed by atoms with Crippen LogP contribution in [-0.4, -0.2) is 35.8 Å². The van der Waals surface area contributed by atoms with Gasteiger partial charge in [-0.15, -0.1) is 0 Å². The van der Waals surface area contributed by atoms with Crippen molar-refractivity contribution in [3.05, 3.63) is 0 Å². The maximum atomic E-state index is 10.9. The Morgan fingerprint density at radius 2 is 2.25 bits per heavy atom. The Hall–Kier alpha value is -1.59. The molecule has 1 fully saturated rings. The van der Waals surface area contributed by atoms with Gasteiger partial charge in [0.05, 0.1) is 6.54 Å². The molecule has 4 amide bonds. The van der Waals surface area contributed by atoms with E-state index in [1.165, 1.54) is 0 Å². The quantitative estimate of drug-likeness (QED) is 0.501. The number of primary amides is 1. The molecule has 0 spiro atoms. The number of rotatable bonds is 3. The van der Waals surface area contributed by atoms with E-state index in [0.717, 1.165) is 4.90 Å². The van der Waals surface area contributed by atoms with Crippen molar-refractivity contribution in [3.8, 4) is 0 Å². The van der Waals surface area contributed by atoms with Crippen LogP contribution in [0.5, 0.6) is 0 Å². The van der Waals surface area contributed by atoms with E-state index >= 15 is 0 Å². The number of nitrogens with two attached hydrogens (primary N) is 1. The Morgan fingerprint density at radius 1 is 1.58 bits per heavy atom. The molecule has 1 aliphatic rings. The topological polar surface area (TPSA) is 92.5 Å². The number of hydrogen-bond donors (Lipinski definition) is 2. The van der Waals surface area contributed by atoms with Crippen molar-refractivity contribution in [3.63, 3.8) is 0 Å². The first-order chi connectivity index (χ1) is 5.61. The second kappa shape index (κ2) is 3.21. The molecule has 0 bridgehead atoms. The fourth-order valence-electron chi connectivity index (χ4n) is 0.904. The largest absolute Gasteiger partial charge is 0.370 e. The fraction of sp³-hybridized carbons (Fsp3) is 0.500. The van der Waals surface area contributed by atoms with Crippen LogP contribution < -0.4 is 11.1 Å². The van der Waals surface area contributed by atoms with E-state index < -0.39 is 11.9 Å². The zero-order valence-corrected chi connectivity index (χ0v) is 6.37. The zero-order valence-electron chi connectivity index (χ0n) is 6.37. The van der Waals surface area contributed by atoms with Crippen molar-refractivity contribution in [1.82, 2.24) is 10.2 Å². The molecule has 0 aliphatic carbocycles. The standard InChI is InChI=1S/C6H9N3O3/c7-4(10)1-2-9-5(11)3-8-6(9)12/h1-3H2,(H2,7,10)(H,8,12). The fourth-order valence-corrected chi connectivity index (χ4v) is 0.904. The average molecular weight is 171 g/mol. The van der Waals surface area contributed by atoms with E-state index in [4.69, 9.17) is 5.73 Å². The molecule has 1 heterocycles. The molecule has 1 rings (SSSR count). The Kier molecular flexibility index (Phi) is 2.27. The van der Waals surface area contributed by atoms with Gasteiger partial charge in [-0.3, -0.25) is 14.5 Å². The molecule has 0 aromatic carbocycles. The first-order valence-corrected chi connectivity index (χ1v) is 3.48. The SMILES string of the molecule is NC(=O)CCN1C(=O)CNC1=O. The van der Waals surface area contributed by atoms with Gasteiger partial charge in [0.1, 0.15) is 0 Å². The van der Waals surface area contributed by atoms with Crippen LogP contribution in [0.15, 0.2) is 0 Å².